The second-order valence-corrected chi connectivity index (χ2v) is 32.1. The molecule has 0 aromatic rings. The highest BCUT2D eigenvalue weighted by Gasteiger charge is 2.30. The van der Waals surface area contributed by atoms with Gasteiger partial charge in [-0.05, 0) is 49.4 Å². The SMILES string of the molecule is CCC(C)CCCCCCCCCCCCCCCCC(=O)O[C@H](COC(=O)CCCCCCCCCC(C)C)COP(=O)(O)OCC(O)COP(=O)(O)OC[C@@H](COC(=O)CCCCCCCCCCC(C)CC)OC(=O)CCCCCCCCCCCCCCCC(C)C. The van der Waals surface area contributed by atoms with Crippen LogP contribution in [0.3, 0.4) is 0 Å². The first-order chi connectivity index (χ1) is 46.2. The van der Waals surface area contributed by atoms with Crippen LogP contribution in [0.15, 0.2) is 0 Å². The summed E-state index contributed by atoms with van der Waals surface area (Å²) in [5, 5.41) is 10.6. The maximum atomic E-state index is 13.1. The van der Waals surface area contributed by atoms with Crippen molar-refractivity contribution in [3.8, 4) is 0 Å². The van der Waals surface area contributed by atoms with E-state index in [-0.39, 0.29) is 25.7 Å². The number of phosphoric acid groups is 2. The van der Waals surface area contributed by atoms with Gasteiger partial charge in [-0.1, -0.05) is 338 Å². The molecule has 0 heterocycles. The van der Waals surface area contributed by atoms with Crippen molar-refractivity contribution in [2.45, 2.75) is 408 Å². The fourth-order valence-corrected chi connectivity index (χ4v) is 13.2. The Balaban J connectivity index is 5.24. The van der Waals surface area contributed by atoms with Crippen LogP contribution in [0.5, 0.6) is 0 Å². The van der Waals surface area contributed by atoms with Crippen molar-refractivity contribution in [1.29, 1.82) is 0 Å². The quantitative estimate of drug-likeness (QED) is 0.0222. The van der Waals surface area contributed by atoms with Crippen LogP contribution in [-0.2, 0) is 65.4 Å². The molecule has 0 fully saturated rings. The van der Waals surface area contributed by atoms with E-state index < -0.39 is 97.5 Å². The number of carbonyl (C=O) groups is 4. The summed E-state index contributed by atoms with van der Waals surface area (Å²) in [6.07, 6.45) is 51.3. The lowest BCUT2D eigenvalue weighted by Gasteiger charge is -2.21. The van der Waals surface area contributed by atoms with Gasteiger partial charge in [-0.25, -0.2) is 9.13 Å². The molecular weight excluding hydrogens is 1260 g/mol. The van der Waals surface area contributed by atoms with Crippen LogP contribution >= 0.6 is 15.6 Å². The maximum absolute atomic E-state index is 13.1. The molecule has 0 rings (SSSR count). The average Bonchev–Trinajstić information content (AvgIpc) is 1.29. The number of aliphatic hydroxyl groups is 1. The molecule has 3 N–H and O–H groups in total. The lowest BCUT2D eigenvalue weighted by molar-refractivity contribution is -0.161. The molecule has 96 heavy (non-hydrogen) atoms. The van der Waals surface area contributed by atoms with Crippen LogP contribution < -0.4 is 0 Å². The van der Waals surface area contributed by atoms with Gasteiger partial charge in [0.1, 0.15) is 19.3 Å². The summed E-state index contributed by atoms with van der Waals surface area (Å²) in [5.41, 5.74) is 0. The first-order valence-corrected chi connectivity index (χ1v) is 42.8. The standard InChI is InChI=1S/C77H150O17P2/c1-9-69(7)55-47-39-31-23-19-15-11-12-16-20-24-34-43-51-59-77(82)94-73(64-88-75(80)58-50-42-36-28-30-38-46-54-68(5)6)66-92-96(85,86)90-62-71(78)61-89-95(83,84)91-65-72(63-87-74(79)57-49-41-33-27-26-32-40-48-56-70(8)10-2)93-76(81)60-52-44-35-25-21-17-13-14-18-22-29-37-45-53-67(3)4/h67-73,78H,9-66H2,1-8H3,(H,83,84)(H,85,86)/t69?,70?,71?,72-,73-/m1/s1. The van der Waals surface area contributed by atoms with E-state index in [0.717, 1.165) is 114 Å². The summed E-state index contributed by atoms with van der Waals surface area (Å²) in [4.78, 5) is 72.9. The van der Waals surface area contributed by atoms with Crippen LogP contribution in [0.2, 0.25) is 0 Å². The number of hydrogen-bond acceptors (Lipinski definition) is 15. The molecule has 0 saturated heterocycles. The van der Waals surface area contributed by atoms with Crippen LogP contribution in [-0.4, -0.2) is 96.7 Å². The second kappa shape index (κ2) is 66.3. The molecule has 0 spiro atoms. The van der Waals surface area contributed by atoms with Gasteiger partial charge in [0.15, 0.2) is 12.2 Å². The van der Waals surface area contributed by atoms with E-state index in [1.54, 1.807) is 0 Å². The van der Waals surface area contributed by atoms with Crippen molar-refractivity contribution < 1.29 is 80.2 Å². The Morgan fingerprint density at radius 2 is 0.500 bits per heavy atom. The minimum atomic E-state index is -4.96. The Bertz CT molecular complexity index is 1890. The Morgan fingerprint density at radius 3 is 0.740 bits per heavy atom. The van der Waals surface area contributed by atoms with Gasteiger partial charge in [0.2, 0.25) is 0 Å². The van der Waals surface area contributed by atoms with Crippen molar-refractivity contribution in [2.24, 2.45) is 23.7 Å². The minimum absolute atomic E-state index is 0.106. The van der Waals surface area contributed by atoms with E-state index in [4.69, 9.17) is 37.0 Å². The van der Waals surface area contributed by atoms with Gasteiger partial charge in [-0.3, -0.25) is 37.3 Å². The number of phosphoric ester groups is 2. The highest BCUT2D eigenvalue weighted by molar-refractivity contribution is 7.47. The molecule has 570 valence electrons. The number of carbonyl (C=O) groups excluding carboxylic acids is 4. The zero-order valence-electron chi connectivity index (χ0n) is 63.0. The molecule has 0 amide bonds. The number of ether oxygens (including phenoxy) is 4. The van der Waals surface area contributed by atoms with E-state index in [1.807, 2.05) is 0 Å². The summed E-state index contributed by atoms with van der Waals surface area (Å²) < 4.78 is 68.6. The third-order valence-corrected chi connectivity index (χ3v) is 20.4. The molecule has 0 aliphatic heterocycles. The fourth-order valence-electron chi connectivity index (χ4n) is 11.7. The lowest BCUT2D eigenvalue weighted by Crippen LogP contribution is -2.30. The van der Waals surface area contributed by atoms with Crippen molar-refractivity contribution in [3.63, 3.8) is 0 Å². The molecule has 0 aliphatic rings. The topological polar surface area (TPSA) is 237 Å². The van der Waals surface area contributed by atoms with E-state index in [0.29, 0.717) is 31.6 Å². The summed E-state index contributed by atoms with van der Waals surface area (Å²) in [5.74, 6) is 0.995. The largest absolute Gasteiger partial charge is 0.472 e. The van der Waals surface area contributed by atoms with Crippen LogP contribution in [0.25, 0.3) is 0 Å². The Labute approximate surface area is 588 Å². The third kappa shape index (κ3) is 67.9. The van der Waals surface area contributed by atoms with E-state index >= 15 is 0 Å². The molecular formula is C77H150O17P2. The lowest BCUT2D eigenvalue weighted by atomic mass is 9.99. The number of esters is 4. The summed E-state index contributed by atoms with van der Waals surface area (Å²) in [7, 11) is -9.92. The third-order valence-electron chi connectivity index (χ3n) is 18.5. The zero-order valence-corrected chi connectivity index (χ0v) is 64.8. The Kier molecular flexibility index (Phi) is 65.0. The first kappa shape index (κ1) is 94.1. The van der Waals surface area contributed by atoms with Crippen LogP contribution in [0, 0.1) is 23.7 Å². The van der Waals surface area contributed by atoms with Gasteiger partial charge in [-0.2, -0.15) is 0 Å². The molecule has 0 bridgehead atoms. The summed E-state index contributed by atoms with van der Waals surface area (Å²) >= 11 is 0. The zero-order chi connectivity index (χ0) is 71.0. The Hall–Kier alpha value is -1.94. The fraction of sp³-hybridized carbons (Fsp3) is 0.948. The number of rotatable bonds is 74. The van der Waals surface area contributed by atoms with E-state index in [1.165, 1.54) is 186 Å². The summed E-state index contributed by atoms with van der Waals surface area (Å²) in [6.45, 7) is 14.2. The van der Waals surface area contributed by atoms with Gasteiger partial charge in [0.05, 0.1) is 26.4 Å². The van der Waals surface area contributed by atoms with Crippen molar-refractivity contribution in [1.82, 2.24) is 0 Å². The van der Waals surface area contributed by atoms with Gasteiger partial charge < -0.3 is 33.8 Å². The van der Waals surface area contributed by atoms with Gasteiger partial charge in [-0.15, -0.1) is 0 Å². The normalized spacial score (nSPS) is 14.7. The monoisotopic (exact) mass is 1410 g/mol. The molecule has 0 aromatic heterocycles. The number of aliphatic hydroxyl groups excluding tert-OH is 1. The van der Waals surface area contributed by atoms with Gasteiger partial charge in [0, 0.05) is 25.7 Å². The molecule has 0 radical (unpaired) electrons. The van der Waals surface area contributed by atoms with Crippen molar-refractivity contribution in [3.05, 3.63) is 0 Å². The molecule has 19 heteroatoms. The predicted molar refractivity (Wildman–Crippen MR) is 391 cm³/mol. The van der Waals surface area contributed by atoms with Crippen LogP contribution in [0.4, 0.5) is 0 Å². The molecule has 0 aliphatic carbocycles. The highest BCUT2D eigenvalue weighted by Crippen LogP contribution is 2.45. The molecule has 5 unspecified atom stereocenters. The first-order valence-electron chi connectivity index (χ1n) is 39.8. The predicted octanol–water partition coefficient (Wildman–Crippen LogP) is 22.4. The van der Waals surface area contributed by atoms with E-state index in [2.05, 4.69) is 55.4 Å². The van der Waals surface area contributed by atoms with Crippen molar-refractivity contribution >= 4 is 39.5 Å². The van der Waals surface area contributed by atoms with E-state index in [9.17, 15) is 43.2 Å². The van der Waals surface area contributed by atoms with Crippen molar-refractivity contribution in [2.75, 3.05) is 39.6 Å². The molecule has 17 nitrogen and oxygen atoms in total. The second-order valence-electron chi connectivity index (χ2n) is 29.2. The number of hydrogen-bond donors (Lipinski definition) is 3. The maximum Gasteiger partial charge on any atom is 0.472 e. The highest BCUT2D eigenvalue weighted by atomic mass is 31.2. The Morgan fingerprint density at radius 1 is 0.292 bits per heavy atom. The van der Waals surface area contributed by atoms with Crippen LogP contribution in [0.1, 0.15) is 389 Å². The molecule has 0 aromatic carbocycles. The molecule has 0 saturated carbocycles. The minimum Gasteiger partial charge on any atom is -0.462 e. The van der Waals surface area contributed by atoms with Gasteiger partial charge in [0.25, 0.3) is 0 Å². The number of unbranched alkanes of at least 4 members (excludes halogenated alkanes) is 38. The van der Waals surface area contributed by atoms with Gasteiger partial charge >= 0.3 is 39.5 Å². The summed E-state index contributed by atoms with van der Waals surface area (Å²) in [6, 6.07) is 0. The average molecular weight is 1410 g/mol. The molecule has 7 atom stereocenters. The smallest absolute Gasteiger partial charge is 0.462 e.